The fraction of sp³-hybridized carbons (Fsp3) is 0.500. The molecule has 0 amide bonds. The summed E-state index contributed by atoms with van der Waals surface area (Å²) in [7, 11) is 1.55. The average Bonchev–Trinajstić information content (AvgIpc) is 2.58. The molecular weight excluding hydrogens is 242 g/mol. The van der Waals surface area contributed by atoms with Gasteiger partial charge in [-0.3, -0.25) is 0 Å². The van der Waals surface area contributed by atoms with Crippen molar-refractivity contribution in [3.05, 3.63) is 21.2 Å². The van der Waals surface area contributed by atoms with Gasteiger partial charge in [-0.2, -0.15) is 0 Å². The second kappa shape index (κ2) is 5.66. The lowest BCUT2D eigenvalue weighted by atomic mass is 10.6. The van der Waals surface area contributed by atoms with Crippen LogP contribution in [0.15, 0.2) is 16.2 Å². The molecular formula is C6H10ClN5O2S. The normalized spacial score (nSPS) is 20.5. The largest absolute Gasteiger partial charge is 0.366 e. The Morgan fingerprint density at radius 2 is 2.67 bits per heavy atom. The Balaban J connectivity index is 2.38. The summed E-state index contributed by atoms with van der Waals surface area (Å²) < 4.78 is 0. The van der Waals surface area contributed by atoms with Crippen molar-refractivity contribution in [2.75, 3.05) is 13.6 Å². The van der Waals surface area contributed by atoms with Gasteiger partial charge in [-0.25, -0.2) is 10.1 Å². The quantitative estimate of drug-likeness (QED) is 0.164. The number of halogens is 1. The first-order chi connectivity index (χ1) is 7.11. The van der Waals surface area contributed by atoms with Gasteiger partial charge in [-0.1, -0.05) is 23.4 Å². The smallest absolute Gasteiger partial charge is 0.268 e. The zero-order chi connectivity index (χ0) is 11.3. The first kappa shape index (κ1) is 11.9. The Hall–Kier alpha value is -1.15. The summed E-state index contributed by atoms with van der Waals surface area (Å²) in [6, 6.07) is 0. The van der Waals surface area contributed by atoms with Gasteiger partial charge in [0.05, 0.1) is 6.54 Å². The van der Waals surface area contributed by atoms with Gasteiger partial charge in [0.15, 0.2) is 9.87 Å². The van der Waals surface area contributed by atoms with Crippen molar-refractivity contribution in [3.8, 4) is 0 Å². The van der Waals surface area contributed by atoms with E-state index in [4.69, 9.17) is 11.6 Å². The van der Waals surface area contributed by atoms with E-state index < -0.39 is 5.03 Å². The van der Waals surface area contributed by atoms with Crippen LogP contribution in [0.4, 0.5) is 0 Å². The minimum absolute atomic E-state index is 0.111. The number of nitrogens with one attached hydrogen (secondary N) is 3. The molecule has 3 N–H and O–H groups in total. The molecule has 0 aromatic rings. The third-order valence-electron chi connectivity index (χ3n) is 1.48. The lowest BCUT2D eigenvalue weighted by Gasteiger charge is -2.05. The van der Waals surface area contributed by atoms with Crippen LogP contribution >= 0.6 is 23.4 Å². The van der Waals surface area contributed by atoms with Gasteiger partial charge in [-0.15, -0.1) is 0 Å². The molecule has 1 rings (SSSR count). The van der Waals surface area contributed by atoms with Gasteiger partial charge in [0.1, 0.15) is 5.10 Å². The third kappa shape index (κ3) is 4.26. The molecule has 0 saturated heterocycles. The number of thioether (sulfide) groups is 1. The second-order valence-corrected chi connectivity index (χ2v) is 4.43. The van der Waals surface area contributed by atoms with E-state index in [1.807, 2.05) is 0 Å². The van der Waals surface area contributed by atoms with Crippen LogP contribution in [0.3, 0.4) is 0 Å². The van der Waals surface area contributed by atoms with Crippen LogP contribution in [0.5, 0.6) is 0 Å². The Morgan fingerprint density at radius 3 is 3.13 bits per heavy atom. The molecule has 1 aliphatic heterocycles. The molecule has 0 saturated carbocycles. The number of nitro groups is 1. The maximum atomic E-state index is 10.1. The molecule has 9 heteroatoms. The molecule has 0 aromatic heterocycles. The molecule has 1 aliphatic rings. The van der Waals surface area contributed by atoms with Crippen molar-refractivity contribution in [2.24, 2.45) is 5.10 Å². The van der Waals surface area contributed by atoms with Gasteiger partial charge in [0.25, 0.3) is 5.96 Å². The molecule has 0 aliphatic carbocycles. The van der Waals surface area contributed by atoms with E-state index in [1.165, 1.54) is 11.8 Å². The molecule has 0 aromatic carbocycles. The van der Waals surface area contributed by atoms with E-state index in [1.54, 1.807) is 13.2 Å². The van der Waals surface area contributed by atoms with E-state index in [2.05, 4.69) is 21.1 Å². The fourth-order valence-corrected chi connectivity index (χ4v) is 1.98. The number of hydrazone groups is 1. The molecule has 1 heterocycles. The summed E-state index contributed by atoms with van der Waals surface area (Å²) in [5.41, 5.74) is 0. The van der Waals surface area contributed by atoms with E-state index >= 15 is 0 Å². The minimum atomic E-state index is -0.766. The third-order valence-corrected chi connectivity index (χ3v) is 2.78. The SMILES string of the molecule is CN/C(=N\[N+](=O)[O-])NCC1=CNC(Cl)S1. The summed E-state index contributed by atoms with van der Waals surface area (Å²) in [6.07, 6.45) is 1.76. The maximum Gasteiger partial charge on any atom is 0.268 e. The van der Waals surface area contributed by atoms with Crippen LogP contribution < -0.4 is 16.0 Å². The van der Waals surface area contributed by atoms with Crippen molar-refractivity contribution in [1.29, 1.82) is 0 Å². The van der Waals surface area contributed by atoms with E-state index in [9.17, 15) is 10.1 Å². The summed E-state index contributed by atoms with van der Waals surface area (Å²) in [4.78, 5) is 10.9. The van der Waals surface area contributed by atoms with E-state index in [0.717, 1.165) is 4.91 Å². The lowest BCUT2D eigenvalue weighted by molar-refractivity contribution is -0.485. The van der Waals surface area contributed by atoms with Crippen LogP contribution in [0.2, 0.25) is 0 Å². The molecule has 7 nitrogen and oxygen atoms in total. The maximum absolute atomic E-state index is 10.1. The highest BCUT2D eigenvalue weighted by molar-refractivity contribution is 8.05. The summed E-state index contributed by atoms with van der Waals surface area (Å²) >= 11 is 7.20. The highest BCUT2D eigenvalue weighted by atomic mass is 35.5. The highest BCUT2D eigenvalue weighted by Crippen LogP contribution is 2.26. The van der Waals surface area contributed by atoms with Crippen LogP contribution in [-0.4, -0.2) is 29.4 Å². The Labute approximate surface area is 95.5 Å². The second-order valence-electron chi connectivity index (χ2n) is 2.50. The number of nitrogens with zero attached hydrogens (tertiary/aromatic N) is 2. The molecule has 0 bridgehead atoms. The molecule has 1 atom stereocenters. The fourth-order valence-electron chi connectivity index (χ4n) is 0.878. The van der Waals surface area contributed by atoms with Gasteiger partial charge >= 0.3 is 0 Å². The van der Waals surface area contributed by atoms with Crippen molar-refractivity contribution in [1.82, 2.24) is 16.0 Å². The zero-order valence-electron chi connectivity index (χ0n) is 7.86. The Bertz CT molecular complexity index is 308. The molecule has 0 fully saturated rings. The number of hydrogen-bond acceptors (Lipinski definition) is 4. The Kier molecular flexibility index (Phi) is 4.50. The summed E-state index contributed by atoms with van der Waals surface area (Å²) in [5.74, 6) is 0.111. The number of guanidine groups is 1. The van der Waals surface area contributed by atoms with Gasteiger partial charge in [0, 0.05) is 18.2 Å². The van der Waals surface area contributed by atoms with Crippen molar-refractivity contribution in [2.45, 2.75) is 4.83 Å². The van der Waals surface area contributed by atoms with Crippen LogP contribution in [-0.2, 0) is 0 Å². The molecule has 15 heavy (non-hydrogen) atoms. The monoisotopic (exact) mass is 251 g/mol. The van der Waals surface area contributed by atoms with Crippen LogP contribution in [0.1, 0.15) is 0 Å². The number of hydrogen-bond donors (Lipinski definition) is 3. The zero-order valence-corrected chi connectivity index (χ0v) is 9.43. The first-order valence-electron chi connectivity index (χ1n) is 4.02. The van der Waals surface area contributed by atoms with Crippen LogP contribution in [0.25, 0.3) is 0 Å². The van der Waals surface area contributed by atoms with Crippen molar-refractivity contribution >= 4 is 29.3 Å². The van der Waals surface area contributed by atoms with Crippen molar-refractivity contribution in [3.63, 3.8) is 0 Å². The summed E-state index contributed by atoms with van der Waals surface area (Å²) in [5, 5.41) is 20.7. The topological polar surface area (TPSA) is 91.6 Å². The molecule has 1 unspecified atom stereocenters. The highest BCUT2D eigenvalue weighted by Gasteiger charge is 2.14. The first-order valence-corrected chi connectivity index (χ1v) is 5.34. The number of rotatable bonds is 3. The predicted octanol–water partition coefficient (Wildman–Crippen LogP) is 0.0433. The summed E-state index contributed by atoms with van der Waals surface area (Å²) in [6.45, 7) is 0.439. The molecule has 84 valence electrons. The minimum Gasteiger partial charge on any atom is -0.366 e. The van der Waals surface area contributed by atoms with E-state index in [-0.39, 0.29) is 10.8 Å². The number of alkyl halides is 1. The lowest BCUT2D eigenvalue weighted by Crippen LogP contribution is -2.36. The Morgan fingerprint density at radius 1 is 1.93 bits per heavy atom. The predicted molar refractivity (Wildman–Crippen MR) is 59.9 cm³/mol. The van der Waals surface area contributed by atoms with Crippen LogP contribution in [0, 0.1) is 10.1 Å². The standard InChI is InChI=1S/C6H10ClN5O2S/c1-8-6(11-12(13)14)10-3-4-2-9-5(7)15-4/h2,5,9H,3H2,1H3,(H2,8,10,11). The molecule has 0 radical (unpaired) electrons. The van der Waals surface area contributed by atoms with Gasteiger partial charge in [0.2, 0.25) is 0 Å². The average molecular weight is 252 g/mol. The molecule has 0 spiro atoms. The van der Waals surface area contributed by atoms with Gasteiger partial charge < -0.3 is 16.0 Å². The van der Waals surface area contributed by atoms with E-state index in [0.29, 0.717) is 6.54 Å². The van der Waals surface area contributed by atoms with Crippen molar-refractivity contribution < 1.29 is 5.03 Å². The van der Waals surface area contributed by atoms with Gasteiger partial charge in [-0.05, 0) is 0 Å².